The van der Waals surface area contributed by atoms with Crippen molar-refractivity contribution in [1.29, 1.82) is 0 Å². The van der Waals surface area contributed by atoms with Gasteiger partial charge < -0.3 is 10.6 Å². The molecule has 28 heavy (non-hydrogen) atoms. The first kappa shape index (κ1) is 17.9. The van der Waals surface area contributed by atoms with Crippen molar-refractivity contribution in [3.63, 3.8) is 0 Å². The maximum Gasteiger partial charge on any atom is 0.233 e. The third kappa shape index (κ3) is 4.63. The van der Waals surface area contributed by atoms with E-state index in [1.54, 1.807) is 0 Å². The Morgan fingerprint density at radius 2 is 1.29 bits per heavy atom. The van der Waals surface area contributed by atoms with E-state index in [4.69, 9.17) is 0 Å². The summed E-state index contributed by atoms with van der Waals surface area (Å²) in [5.74, 6) is 0.881. The highest BCUT2D eigenvalue weighted by Crippen LogP contribution is 2.24. The van der Waals surface area contributed by atoms with Gasteiger partial charge in [0.15, 0.2) is 5.16 Å². The Balaban J connectivity index is 1.63. The molecule has 9 heteroatoms. The minimum Gasteiger partial charge on any atom is -0.324 e. The largest absolute Gasteiger partial charge is 0.324 e. The summed E-state index contributed by atoms with van der Waals surface area (Å²) in [6.45, 7) is 4.09. The summed E-state index contributed by atoms with van der Waals surface area (Å²) < 4.78 is 0. The molecule has 0 bridgehead atoms. The highest BCUT2D eigenvalue weighted by atomic mass is 32.2. The molecule has 0 radical (unpaired) electrons. The second-order valence-corrected chi connectivity index (χ2v) is 7.10. The molecule has 0 saturated heterocycles. The number of nitrogens with zero attached hydrogens (tertiary/aromatic N) is 5. The van der Waals surface area contributed by atoms with E-state index in [2.05, 4.69) is 40.8 Å². The average molecular weight is 390 g/mol. The van der Waals surface area contributed by atoms with Gasteiger partial charge in [0.2, 0.25) is 17.1 Å². The van der Waals surface area contributed by atoms with Crippen molar-refractivity contribution in [3.05, 3.63) is 66.0 Å². The number of hydrogen-bond acceptors (Lipinski definition) is 8. The van der Waals surface area contributed by atoms with Crippen molar-refractivity contribution in [2.75, 3.05) is 10.6 Å². The highest BCUT2D eigenvalue weighted by Gasteiger charge is 2.10. The Morgan fingerprint density at radius 3 is 1.75 bits per heavy atom. The van der Waals surface area contributed by atoms with Crippen LogP contribution in [0.3, 0.4) is 0 Å². The van der Waals surface area contributed by atoms with Gasteiger partial charge in [-0.2, -0.15) is 20.1 Å². The van der Waals surface area contributed by atoms with Crippen LogP contribution in [-0.4, -0.2) is 30.1 Å². The van der Waals surface area contributed by atoms with Crippen LogP contribution in [0.5, 0.6) is 0 Å². The first-order chi connectivity index (χ1) is 13.6. The summed E-state index contributed by atoms with van der Waals surface area (Å²) in [4.78, 5) is 17.6. The fourth-order valence-corrected chi connectivity index (χ4v) is 3.01. The van der Waals surface area contributed by atoms with E-state index >= 15 is 0 Å². The smallest absolute Gasteiger partial charge is 0.233 e. The molecule has 4 aromatic rings. The monoisotopic (exact) mass is 390 g/mol. The predicted molar refractivity (Wildman–Crippen MR) is 109 cm³/mol. The topological polar surface area (TPSA) is 104 Å². The molecule has 2 aromatic carbocycles. The van der Waals surface area contributed by atoms with Crippen LogP contribution in [0, 0.1) is 13.8 Å². The molecule has 140 valence electrons. The van der Waals surface area contributed by atoms with E-state index in [-0.39, 0.29) is 0 Å². The lowest BCUT2D eigenvalue weighted by Gasteiger charge is -2.10. The van der Waals surface area contributed by atoms with E-state index in [1.807, 2.05) is 62.4 Å². The van der Waals surface area contributed by atoms with Gasteiger partial charge in [0.1, 0.15) is 6.33 Å². The van der Waals surface area contributed by atoms with Crippen LogP contribution in [0.1, 0.15) is 11.1 Å². The standard InChI is InChI=1S/C19H18N8S/c1-12-3-7-14(8-4-12)22-16-24-17(23-15-9-5-13(2)6-10-15)26-19(25-16)28-18-20-11-21-27-18/h3-11H,1-2H3,(H,20,21,27)(H2,22,23,24,25,26). The lowest BCUT2D eigenvalue weighted by molar-refractivity contribution is 0.904. The highest BCUT2D eigenvalue weighted by molar-refractivity contribution is 7.99. The van der Waals surface area contributed by atoms with Crippen molar-refractivity contribution in [1.82, 2.24) is 30.1 Å². The number of aryl methyl sites for hydroxylation is 2. The van der Waals surface area contributed by atoms with Gasteiger partial charge in [0, 0.05) is 11.4 Å². The number of hydrogen-bond donors (Lipinski definition) is 3. The molecular formula is C19H18N8S. The molecule has 2 heterocycles. The van der Waals surface area contributed by atoms with E-state index < -0.39 is 0 Å². The van der Waals surface area contributed by atoms with Gasteiger partial charge in [-0.15, -0.1) is 0 Å². The third-order valence-electron chi connectivity index (χ3n) is 3.81. The molecule has 0 saturated carbocycles. The fourth-order valence-electron chi connectivity index (χ4n) is 2.38. The van der Waals surface area contributed by atoms with E-state index in [0.717, 1.165) is 11.4 Å². The summed E-state index contributed by atoms with van der Waals surface area (Å²) in [6.07, 6.45) is 1.44. The Bertz CT molecular complexity index is 981. The number of H-pyrrole nitrogens is 1. The quantitative estimate of drug-likeness (QED) is 0.449. The SMILES string of the molecule is Cc1ccc(Nc2nc(Nc3ccc(C)cc3)nc(Sc3ncn[nH]3)n2)cc1. The van der Waals surface area contributed by atoms with Crippen LogP contribution in [0.15, 0.2) is 65.2 Å². The maximum absolute atomic E-state index is 4.49. The summed E-state index contributed by atoms with van der Waals surface area (Å²) in [5.41, 5.74) is 4.16. The second kappa shape index (κ2) is 8.05. The Labute approximate surface area is 166 Å². The molecule has 0 aliphatic rings. The van der Waals surface area contributed by atoms with Crippen molar-refractivity contribution >= 4 is 35.0 Å². The Kier molecular flexibility index (Phi) is 5.16. The predicted octanol–water partition coefficient (Wildman–Crippen LogP) is 4.24. The van der Waals surface area contributed by atoms with Crippen LogP contribution >= 0.6 is 11.8 Å². The molecule has 8 nitrogen and oxygen atoms in total. The molecule has 0 spiro atoms. The van der Waals surface area contributed by atoms with Crippen LogP contribution in [0.2, 0.25) is 0 Å². The molecule has 3 N–H and O–H groups in total. The number of aromatic nitrogens is 6. The average Bonchev–Trinajstić information content (AvgIpc) is 3.18. The number of rotatable bonds is 6. The number of nitrogens with one attached hydrogen (secondary N) is 3. The molecule has 4 rings (SSSR count). The summed E-state index contributed by atoms with van der Waals surface area (Å²) >= 11 is 1.28. The van der Waals surface area contributed by atoms with Gasteiger partial charge in [-0.05, 0) is 49.9 Å². The summed E-state index contributed by atoms with van der Waals surface area (Å²) in [5, 5.41) is 14.2. The first-order valence-corrected chi connectivity index (χ1v) is 9.42. The first-order valence-electron chi connectivity index (χ1n) is 8.61. The van der Waals surface area contributed by atoms with Gasteiger partial charge >= 0.3 is 0 Å². The normalized spacial score (nSPS) is 10.6. The van der Waals surface area contributed by atoms with Crippen LogP contribution in [-0.2, 0) is 0 Å². The molecule has 0 amide bonds. The van der Waals surface area contributed by atoms with E-state index in [9.17, 15) is 0 Å². The van der Waals surface area contributed by atoms with Gasteiger partial charge in [0.25, 0.3) is 0 Å². The lowest BCUT2D eigenvalue weighted by atomic mass is 10.2. The Morgan fingerprint density at radius 1 is 0.750 bits per heavy atom. The maximum atomic E-state index is 4.49. The Hall–Kier alpha value is -3.46. The van der Waals surface area contributed by atoms with Gasteiger partial charge in [-0.25, -0.2) is 4.98 Å². The van der Waals surface area contributed by atoms with Crippen LogP contribution in [0.4, 0.5) is 23.3 Å². The zero-order valence-electron chi connectivity index (χ0n) is 15.3. The fraction of sp³-hybridized carbons (Fsp3) is 0.105. The summed E-state index contributed by atoms with van der Waals surface area (Å²) in [7, 11) is 0. The zero-order valence-corrected chi connectivity index (χ0v) is 16.2. The van der Waals surface area contributed by atoms with Gasteiger partial charge in [0.05, 0.1) is 0 Å². The molecule has 0 atom stereocenters. The molecule has 0 unspecified atom stereocenters. The summed E-state index contributed by atoms with van der Waals surface area (Å²) in [6, 6.07) is 16.0. The van der Waals surface area contributed by atoms with Gasteiger partial charge in [-0.3, -0.25) is 5.10 Å². The number of anilines is 4. The molecular weight excluding hydrogens is 372 g/mol. The van der Waals surface area contributed by atoms with Crippen molar-refractivity contribution in [3.8, 4) is 0 Å². The molecule has 0 aliphatic carbocycles. The molecule has 2 aromatic heterocycles. The zero-order chi connectivity index (χ0) is 19.3. The van der Waals surface area contributed by atoms with Crippen molar-refractivity contribution in [2.45, 2.75) is 24.2 Å². The second-order valence-electron chi connectivity index (χ2n) is 6.14. The van der Waals surface area contributed by atoms with Crippen molar-refractivity contribution < 1.29 is 0 Å². The van der Waals surface area contributed by atoms with Crippen molar-refractivity contribution in [2.24, 2.45) is 0 Å². The van der Waals surface area contributed by atoms with E-state index in [0.29, 0.717) is 22.2 Å². The molecule has 0 fully saturated rings. The number of benzene rings is 2. The molecule has 0 aliphatic heterocycles. The van der Waals surface area contributed by atoms with E-state index in [1.165, 1.54) is 29.2 Å². The van der Waals surface area contributed by atoms with Crippen LogP contribution in [0.25, 0.3) is 0 Å². The minimum atomic E-state index is 0.440. The van der Waals surface area contributed by atoms with Crippen LogP contribution < -0.4 is 10.6 Å². The number of aromatic amines is 1. The lowest BCUT2D eigenvalue weighted by Crippen LogP contribution is -2.05. The minimum absolute atomic E-state index is 0.440. The van der Waals surface area contributed by atoms with Gasteiger partial charge in [-0.1, -0.05) is 35.4 Å². The third-order valence-corrected chi connectivity index (χ3v) is 4.57.